The third-order valence-corrected chi connectivity index (χ3v) is 5.52. The van der Waals surface area contributed by atoms with Crippen LogP contribution in [0.15, 0.2) is 28.8 Å². The van der Waals surface area contributed by atoms with Crippen molar-refractivity contribution in [3.8, 4) is 0 Å². The Morgan fingerprint density at radius 1 is 1.30 bits per heavy atom. The second-order valence-corrected chi connectivity index (χ2v) is 7.49. The van der Waals surface area contributed by atoms with E-state index < -0.39 is 0 Å². The summed E-state index contributed by atoms with van der Waals surface area (Å²) >= 11 is 0. The van der Waals surface area contributed by atoms with Crippen LogP contribution in [0.4, 0.5) is 4.79 Å². The molecule has 1 saturated heterocycles. The van der Waals surface area contributed by atoms with Gasteiger partial charge in [-0.05, 0) is 37.3 Å². The molecule has 1 atom stereocenters. The molecule has 2 aromatic rings. The van der Waals surface area contributed by atoms with Gasteiger partial charge in [0.2, 0.25) is 5.89 Å². The molecular formula is C20H27N5O2. The van der Waals surface area contributed by atoms with Crippen LogP contribution in [0.3, 0.4) is 0 Å². The van der Waals surface area contributed by atoms with Crippen LogP contribution in [0.25, 0.3) is 0 Å². The number of piperidine rings is 1. The maximum atomic E-state index is 12.5. The van der Waals surface area contributed by atoms with Crippen molar-refractivity contribution in [1.29, 1.82) is 0 Å². The zero-order valence-corrected chi connectivity index (χ0v) is 15.9. The third-order valence-electron chi connectivity index (χ3n) is 5.52. The molecule has 2 aliphatic heterocycles. The van der Waals surface area contributed by atoms with E-state index in [-0.39, 0.29) is 11.9 Å². The van der Waals surface area contributed by atoms with E-state index >= 15 is 0 Å². The van der Waals surface area contributed by atoms with Gasteiger partial charge < -0.3 is 14.7 Å². The highest BCUT2D eigenvalue weighted by molar-refractivity contribution is 5.74. The van der Waals surface area contributed by atoms with Crippen molar-refractivity contribution in [2.45, 2.75) is 38.6 Å². The van der Waals surface area contributed by atoms with E-state index in [0.29, 0.717) is 24.8 Å². The number of amides is 2. The van der Waals surface area contributed by atoms with Crippen LogP contribution in [0.5, 0.6) is 0 Å². The van der Waals surface area contributed by atoms with Gasteiger partial charge in [-0.15, -0.1) is 0 Å². The highest BCUT2D eigenvalue weighted by atomic mass is 16.5. The average Bonchev–Trinajstić information content (AvgIpc) is 3.14. The highest BCUT2D eigenvalue weighted by Crippen LogP contribution is 2.25. The van der Waals surface area contributed by atoms with E-state index in [9.17, 15) is 4.79 Å². The molecule has 1 fully saturated rings. The molecule has 27 heavy (non-hydrogen) atoms. The van der Waals surface area contributed by atoms with Gasteiger partial charge in [0, 0.05) is 39.3 Å². The topological polar surface area (TPSA) is 74.5 Å². The summed E-state index contributed by atoms with van der Waals surface area (Å²) in [6, 6.07) is 8.63. The number of nitrogens with zero attached hydrogens (tertiary/aromatic N) is 4. The first-order valence-corrected chi connectivity index (χ1v) is 9.81. The molecule has 2 aliphatic rings. The maximum Gasteiger partial charge on any atom is 0.317 e. The molecular weight excluding hydrogens is 342 g/mol. The smallest absolute Gasteiger partial charge is 0.317 e. The monoisotopic (exact) mass is 369 g/mol. The fourth-order valence-electron chi connectivity index (χ4n) is 4.02. The van der Waals surface area contributed by atoms with E-state index in [0.717, 1.165) is 45.4 Å². The molecule has 144 valence electrons. The lowest BCUT2D eigenvalue weighted by Gasteiger charge is -2.32. The van der Waals surface area contributed by atoms with Crippen LogP contribution in [-0.4, -0.2) is 58.7 Å². The second-order valence-electron chi connectivity index (χ2n) is 7.49. The van der Waals surface area contributed by atoms with Gasteiger partial charge in [0.1, 0.15) is 0 Å². The summed E-state index contributed by atoms with van der Waals surface area (Å²) in [6.07, 6.45) is 3.03. The van der Waals surface area contributed by atoms with Crippen LogP contribution in [0, 0.1) is 6.92 Å². The molecule has 0 aliphatic carbocycles. The fraction of sp³-hybridized carbons (Fsp3) is 0.550. The van der Waals surface area contributed by atoms with Gasteiger partial charge in [-0.25, -0.2) is 4.79 Å². The number of fused-ring (bicyclic) bond motifs is 1. The first kappa shape index (κ1) is 18.0. The summed E-state index contributed by atoms with van der Waals surface area (Å²) in [6.45, 7) is 6.81. The van der Waals surface area contributed by atoms with Crippen LogP contribution in [-0.2, 0) is 13.0 Å². The number of urea groups is 1. The van der Waals surface area contributed by atoms with Crippen molar-refractivity contribution in [1.82, 2.24) is 25.3 Å². The summed E-state index contributed by atoms with van der Waals surface area (Å²) in [4.78, 5) is 21.2. The molecule has 4 rings (SSSR count). The van der Waals surface area contributed by atoms with Gasteiger partial charge in [0.25, 0.3) is 0 Å². The zero-order chi connectivity index (χ0) is 18.6. The molecule has 7 heteroatoms. The van der Waals surface area contributed by atoms with Crippen molar-refractivity contribution in [3.63, 3.8) is 0 Å². The van der Waals surface area contributed by atoms with Crippen LogP contribution in [0.2, 0.25) is 0 Å². The lowest BCUT2D eigenvalue weighted by atomic mass is 9.98. The number of carbonyl (C=O) groups excluding carboxylic acids is 1. The lowest BCUT2D eigenvalue weighted by molar-refractivity contribution is 0.169. The summed E-state index contributed by atoms with van der Waals surface area (Å²) in [5, 5.41) is 6.95. The molecule has 0 radical (unpaired) electrons. The van der Waals surface area contributed by atoms with Gasteiger partial charge in [-0.3, -0.25) is 4.90 Å². The first-order chi connectivity index (χ1) is 13.2. The molecule has 1 aromatic carbocycles. The van der Waals surface area contributed by atoms with Gasteiger partial charge in [-0.1, -0.05) is 29.4 Å². The predicted octanol–water partition coefficient (Wildman–Crippen LogP) is 2.33. The molecule has 2 amide bonds. The molecule has 0 spiro atoms. The number of hydrogen-bond acceptors (Lipinski definition) is 5. The van der Waals surface area contributed by atoms with Gasteiger partial charge in [0.05, 0.1) is 5.92 Å². The summed E-state index contributed by atoms with van der Waals surface area (Å²) in [7, 11) is 0. The minimum absolute atomic E-state index is 0.00773. The van der Waals surface area contributed by atoms with E-state index in [1.807, 2.05) is 11.8 Å². The number of likely N-dealkylation sites (tertiary alicyclic amines) is 1. The molecule has 1 aromatic heterocycles. The summed E-state index contributed by atoms with van der Waals surface area (Å²) in [5.41, 5.74) is 2.86. The number of aryl methyl sites for hydroxylation is 1. The molecule has 7 nitrogen and oxygen atoms in total. The summed E-state index contributed by atoms with van der Waals surface area (Å²) in [5.74, 6) is 1.44. The zero-order valence-electron chi connectivity index (χ0n) is 15.9. The van der Waals surface area contributed by atoms with Crippen molar-refractivity contribution in [3.05, 3.63) is 47.1 Å². The van der Waals surface area contributed by atoms with Gasteiger partial charge in [-0.2, -0.15) is 4.98 Å². The molecule has 0 saturated carbocycles. The van der Waals surface area contributed by atoms with Crippen molar-refractivity contribution in [2.24, 2.45) is 0 Å². The number of nitrogens with one attached hydrogen (secondary N) is 1. The van der Waals surface area contributed by atoms with Crippen molar-refractivity contribution >= 4 is 6.03 Å². The van der Waals surface area contributed by atoms with E-state index in [4.69, 9.17) is 4.52 Å². The highest BCUT2D eigenvalue weighted by Gasteiger charge is 2.28. The van der Waals surface area contributed by atoms with E-state index in [1.165, 1.54) is 11.1 Å². The van der Waals surface area contributed by atoms with Crippen molar-refractivity contribution < 1.29 is 9.32 Å². The normalized spacial score (nSPS) is 20.3. The average molecular weight is 369 g/mol. The number of aromatic nitrogens is 2. The van der Waals surface area contributed by atoms with Gasteiger partial charge in [0.15, 0.2) is 5.82 Å². The molecule has 1 unspecified atom stereocenters. The van der Waals surface area contributed by atoms with E-state index in [1.54, 1.807) is 0 Å². The van der Waals surface area contributed by atoms with Gasteiger partial charge >= 0.3 is 6.03 Å². The summed E-state index contributed by atoms with van der Waals surface area (Å²) < 4.78 is 5.29. The van der Waals surface area contributed by atoms with Crippen molar-refractivity contribution in [2.75, 3.05) is 32.7 Å². The Bertz CT molecular complexity index is 790. The number of hydrogen-bond donors (Lipinski definition) is 1. The minimum atomic E-state index is 0.00773. The number of rotatable bonds is 4. The third kappa shape index (κ3) is 4.30. The standard InChI is InChI=1S/C20H27N5O2/c1-15-22-19(27-23-15)18-7-4-10-25(14-18)20(26)21-9-12-24-11-8-16-5-2-3-6-17(16)13-24/h2-3,5-6,18H,4,7-14H2,1H3,(H,21,26). The molecule has 3 heterocycles. The van der Waals surface area contributed by atoms with Crippen LogP contribution in [0.1, 0.15) is 41.6 Å². The Labute approximate surface area is 159 Å². The Kier molecular flexibility index (Phi) is 5.38. The quantitative estimate of drug-likeness (QED) is 0.895. The first-order valence-electron chi connectivity index (χ1n) is 9.81. The maximum absolute atomic E-state index is 12.5. The SMILES string of the molecule is Cc1noc(C2CCCN(C(=O)NCCN3CCc4ccccc4C3)C2)n1. The Morgan fingerprint density at radius 2 is 2.15 bits per heavy atom. The second kappa shape index (κ2) is 8.08. The van der Waals surface area contributed by atoms with Crippen LogP contribution < -0.4 is 5.32 Å². The Hall–Kier alpha value is -2.41. The number of benzene rings is 1. The van der Waals surface area contributed by atoms with Crippen LogP contribution >= 0.6 is 0 Å². The minimum Gasteiger partial charge on any atom is -0.339 e. The molecule has 1 N–H and O–H groups in total. The fourth-order valence-corrected chi connectivity index (χ4v) is 4.02. The lowest BCUT2D eigenvalue weighted by Crippen LogP contribution is -2.47. The predicted molar refractivity (Wildman–Crippen MR) is 101 cm³/mol. The molecule has 0 bridgehead atoms. The Balaban J connectivity index is 1.24. The Morgan fingerprint density at radius 3 is 2.96 bits per heavy atom. The largest absolute Gasteiger partial charge is 0.339 e. The van der Waals surface area contributed by atoms with E-state index in [2.05, 4.69) is 44.6 Å². The number of carbonyl (C=O) groups is 1.